The van der Waals surface area contributed by atoms with Crippen LogP contribution in [-0.4, -0.2) is 25.7 Å². The summed E-state index contributed by atoms with van der Waals surface area (Å²) in [6, 6.07) is 5.00. The number of nitrogens with one attached hydrogen (secondary N) is 1. The Bertz CT molecular complexity index is 776. The highest BCUT2D eigenvalue weighted by molar-refractivity contribution is 7.91. The van der Waals surface area contributed by atoms with Crippen molar-refractivity contribution in [2.75, 3.05) is 12.3 Å². The smallest absolute Gasteiger partial charge is 0.186 e. The van der Waals surface area contributed by atoms with Crippen LogP contribution in [0.15, 0.2) is 35.0 Å². The van der Waals surface area contributed by atoms with Crippen LogP contribution in [0.2, 0.25) is 0 Å². The molecule has 0 aliphatic heterocycles. The van der Waals surface area contributed by atoms with Crippen LogP contribution in [-0.2, 0) is 9.84 Å². The van der Waals surface area contributed by atoms with E-state index in [0.29, 0.717) is 5.52 Å². The normalized spacial score (nSPS) is 13.1. The Kier molecular flexibility index (Phi) is 3.96. The predicted octanol–water partition coefficient (Wildman–Crippen LogP) is 2.37. The number of benzene rings is 1. The zero-order chi connectivity index (χ0) is 14.9. The topological polar surface area (TPSA) is 76.0 Å². The number of rotatable bonds is 4. The second-order valence-electron chi connectivity index (χ2n) is 4.70. The standard InChI is InChI=1S/C14H17FN2O2S/c1-9-10(2)17-14-12(9)4-3-5-13(14)20(18,19)8-11(15)6-7-16/h3-6,17H,7-8,16H2,1-2H3/b11-6-. The fraction of sp³-hybridized carbons (Fsp3) is 0.286. The first kappa shape index (κ1) is 14.7. The van der Waals surface area contributed by atoms with Crippen LogP contribution < -0.4 is 5.73 Å². The van der Waals surface area contributed by atoms with Crippen molar-refractivity contribution in [2.45, 2.75) is 18.7 Å². The predicted molar refractivity (Wildman–Crippen MR) is 78.1 cm³/mol. The summed E-state index contributed by atoms with van der Waals surface area (Å²) >= 11 is 0. The van der Waals surface area contributed by atoms with Gasteiger partial charge in [-0.25, -0.2) is 12.8 Å². The number of halogens is 1. The molecule has 20 heavy (non-hydrogen) atoms. The van der Waals surface area contributed by atoms with E-state index in [1.165, 1.54) is 6.07 Å². The fourth-order valence-corrected chi connectivity index (χ4v) is 3.56. The maximum Gasteiger partial charge on any atom is 0.186 e. The Hall–Kier alpha value is -1.66. The minimum Gasteiger partial charge on any atom is -0.357 e. The van der Waals surface area contributed by atoms with E-state index in [2.05, 4.69) is 4.98 Å². The van der Waals surface area contributed by atoms with Crippen LogP contribution in [0.3, 0.4) is 0 Å². The molecule has 0 atom stereocenters. The Morgan fingerprint density at radius 3 is 2.75 bits per heavy atom. The number of fused-ring (bicyclic) bond motifs is 1. The summed E-state index contributed by atoms with van der Waals surface area (Å²) in [5, 5.41) is 0.840. The quantitative estimate of drug-likeness (QED) is 0.909. The fourth-order valence-electron chi connectivity index (χ4n) is 2.16. The molecule has 4 nitrogen and oxygen atoms in total. The van der Waals surface area contributed by atoms with Gasteiger partial charge in [-0.05, 0) is 31.6 Å². The lowest BCUT2D eigenvalue weighted by atomic mass is 10.1. The van der Waals surface area contributed by atoms with E-state index in [-0.39, 0.29) is 11.4 Å². The van der Waals surface area contributed by atoms with Crippen molar-refractivity contribution in [3.05, 3.63) is 41.4 Å². The number of hydrogen-bond donors (Lipinski definition) is 2. The van der Waals surface area contributed by atoms with Crippen LogP contribution in [0.4, 0.5) is 4.39 Å². The van der Waals surface area contributed by atoms with Gasteiger partial charge in [0.2, 0.25) is 0 Å². The monoisotopic (exact) mass is 296 g/mol. The molecule has 0 amide bonds. The maximum atomic E-state index is 13.5. The molecule has 1 heterocycles. The van der Waals surface area contributed by atoms with Gasteiger partial charge in [-0.3, -0.25) is 0 Å². The minimum absolute atomic E-state index is 0.0216. The van der Waals surface area contributed by atoms with Gasteiger partial charge in [0.1, 0.15) is 11.6 Å². The van der Waals surface area contributed by atoms with Gasteiger partial charge >= 0.3 is 0 Å². The summed E-state index contributed by atoms with van der Waals surface area (Å²) in [5.74, 6) is -1.40. The van der Waals surface area contributed by atoms with E-state index in [1.54, 1.807) is 6.07 Å². The first-order valence-corrected chi connectivity index (χ1v) is 7.87. The number of hydrogen-bond acceptors (Lipinski definition) is 3. The summed E-state index contributed by atoms with van der Waals surface area (Å²) < 4.78 is 38.1. The van der Waals surface area contributed by atoms with Crippen molar-refractivity contribution in [3.63, 3.8) is 0 Å². The zero-order valence-corrected chi connectivity index (χ0v) is 12.2. The van der Waals surface area contributed by atoms with Gasteiger partial charge in [0.05, 0.1) is 10.4 Å². The number of aryl methyl sites for hydroxylation is 2. The third-order valence-electron chi connectivity index (χ3n) is 3.31. The second kappa shape index (κ2) is 5.38. The molecule has 0 unspecified atom stereocenters. The number of nitrogens with two attached hydrogens (primary N) is 1. The first-order valence-electron chi connectivity index (χ1n) is 6.22. The molecule has 0 bridgehead atoms. The van der Waals surface area contributed by atoms with E-state index in [9.17, 15) is 12.8 Å². The average Bonchev–Trinajstić information content (AvgIpc) is 2.65. The van der Waals surface area contributed by atoms with Crippen LogP contribution >= 0.6 is 0 Å². The number of sulfone groups is 1. The molecule has 0 aliphatic rings. The van der Waals surface area contributed by atoms with Crippen LogP contribution in [0, 0.1) is 13.8 Å². The van der Waals surface area contributed by atoms with E-state index >= 15 is 0 Å². The molecular formula is C14H17FN2O2S. The molecule has 0 radical (unpaired) electrons. The molecule has 2 rings (SSSR count). The molecule has 1 aromatic carbocycles. The van der Waals surface area contributed by atoms with Crippen LogP contribution in [0.1, 0.15) is 11.3 Å². The first-order chi connectivity index (χ1) is 9.36. The number of para-hydroxylation sites is 1. The Balaban J connectivity index is 2.58. The molecule has 0 saturated heterocycles. The second-order valence-corrected chi connectivity index (χ2v) is 6.66. The third-order valence-corrected chi connectivity index (χ3v) is 4.97. The lowest BCUT2D eigenvalue weighted by Crippen LogP contribution is -2.09. The molecule has 3 N–H and O–H groups in total. The van der Waals surface area contributed by atoms with Gasteiger partial charge in [-0.1, -0.05) is 12.1 Å². The Morgan fingerprint density at radius 2 is 2.10 bits per heavy atom. The van der Waals surface area contributed by atoms with Gasteiger partial charge in [-0.15, -0.1) is 0 Å². The van der Waals surface area contributed by atoms with Crippen molar-refractivity contribution < 1.29 is 12.8 Å². The third kappa shape index (κ3) is 2.62. The molecule has 6 heteroatoms. The SMILES string of the molecule is Cc1[nH]c2c(S(=O)(=O)C/C(F)=C/CN)cccc2c1C. The van der Waals surface area contributed by atoms with Crippen molar-refractivity contribution in [2.24, 2.45) is 5.73 Å². The molecule has 108 valence electrons. The Labute approximate surface area is 117 Å². The summed E-state index contributed by atoms with van der Waals surface area (Å²) in [4.78, 5) is 3.18. The maximum absolute atomic E-state index is 13.5. The Morgan fingerprint density at radius 1 is 1.40 bits per heavy atom. The largest absolute Gasteiger partial charge is 0.357 e. The van der Waals surface area contributed by atoms with Gasteiger partial charge in [0, 0.05) is 17.6 Å². The van der Waals surface area contributed by atoms with Crippen LogP contribution in [0.25, 0.3) is 10.9 Å². The van der Waals surface area contributed by atoms with Gasteiger partial charge in [0.15, 0.2) is 9.84 Å². The van der Waals surface area contributed by atoms with E-state index in [0.717, 1.165) is 22.7 Å². The summed E-state index contributed by atoms with van der Waals surface area (Å²) in [5.41, 5.74) is 7.61. The molecule has 2 aromatic rings. The van der Waals surface area contributed by atoms with E-state index in [1.807, 2.05) is 19.9 Å². The van der Waals surface area contributed by atoms with Crippen molar-refractivity contribution in [1.82, 2.24) is 4.98 Å². The van der Waals surface area contributed by atoms with Gasteiger partial charge in [0.25, 0.3) is 0 Å². The molecule has 0 saturated carbocycles. The number of H-pyrrole nitrogens is 1. The zero-order valence-electron chi connectivity index (χ0n) is 11.4. The summed E-state index contributed by atoms with van der Waals surface area (Å²) in [6.07, 6.45) is 1.07. The molecule has 0 spiro atoms. The molecule has 0 aliphatic carbocycles. The van der Waals surface area contributed by atoms with Crippen molar-refractivity contribution in [3.8, 4) is 0 Å². The van der Waals surface area contributed by atoms with E-state index in [4.69, 9.17) is 5.73 Å². The molecule has 1 aromatic heterocycles. The average molecular weight is 296 g/mol. The molecular weight excluding hydrogens is 279 g/mol. The van der Waals surface area contributed by atoms with Gasteiger partial charge in [-0.2, -0.15) is 0 Å². The highest BCUT2D eigenvalue weighted by atomic mass is 32.2. The number of aromatic amines is 1. The highest BCUT2D eigenvalue weighted by Gasteiger charge is 2.21. The highest BCUT2D eigenvalue weighted by Crippen LogP contribution is 2.28. The number of aromatic nitrogens is 1. The van der Waals surface area contributed by atoms with Crippen molar-refractivity contribution >= 4 is 20.7 Å². The minimum atomic E-state index is -3.74. The summed E-state index contributed by atoms with van der Waals surface area (Å²) in [6.45, 7) is 3.77. The van der Waals surface area contributed by atoms with Gasteiger partial charge < -0.3 is 10.7 Å². The molecule has 0 fully saturated rings. The summed E-state index contributed by atoms with van der Waals surface area (Å²) in [7, 11) is -3.74. The van der Waals surface area contributed by atoms with Crippen LogP contribution in [0.5, 0.6) is 0 Å². The van der Waals surface area contributed by atoms with Crippen molar-refractivity contribution in [1.29, 1.82) is 0 Å². The lowest BCUT2D eigenvalue weighted by Gasteiger charge is -2.05. The lowest BCUT2D eigenvalue weighted by molar-refractivity contribution is 0.583. The van der Waals surface area contributed by atoms with E-state index < -0.39 is 21.4 Å².